The molecule has 2 unspecified atom stereocenters. The molecule has 0 heterocycles. The van der Waals surface area contributed by atoms with Crippen molar-refractivity contribution in [3.8, 4) is 0 Å². The molecule has 6 heteroatoms. The molecule has 0 aliphatic heterocycles. The Bertz CT molecular complexity index is 393. The van der Waals surface area contributed by atoms with Gasteiger partial charge in [0.25, 0.3) is 0 Å². The Balaban J connectivity index is 0.000000459. The van der Waals surface area contributed by atoms with Gasteiger partial charge in [-0.3, -0.25) is 9.59 Å². The second-order valence-corrected chi connectivity index (χ2v) is 4.00. The van der Waals surface area contributed by atoms with Gasteiger partial charge in [-0.15, -0.1) is 0 Å². The number of benzene rings is 1. The van der Waals surface area contributed by atoms with E-state index in [1.54, 1.807) is 7.05 Å². The van der Waals surface area contributed by atoms with Gasteiger partial charge in [0, 0.05) is 0 Å². The zero-order chi connectivity index (χ0) is 14.8. The standard InChI is InChI=1S/C10H13NO2.C3H7NO2/c1-11-9(10(12)13)7-8-5-3-2-4-6-8;1-2(4)3(5)6/h2-6,9,11H,7H2,1H3,(H,12,13);2H,4H2,1H3,(H,5,6). The second kappa shape index (κ2) is 9.07. The number of hydrogen-bond acceptors (Lipinski definition) is 4. The molecule has 6 nitrogen and oxygen atoms in total. The monoisotopic (exact) mass is 268 g/mol. The molecule has 0 saturated carbocycles. The first-order chi connectivity index (χ1) is 8.88. The Labute approximate surface area is 112 Å². The largest absolute Gasteiger partial charge is 0.480 e. The fourth-order valence-electron chi connectivity index (χ4n) is 1.16. The lowest BCUT2D eigenvalue weighted by Gasteiger charge is -2.10. The lowest BCUT2D eigenvalue weighted by atomic mass is 10.1. The third-order valence-electron chi connectivity index (χ3n) is 2.32. The molecular formula is C13H20N2O4. The van der Waals surface area contributed by atoms with Gasteiger partial charge >= 0.3 is 11.9 Å². The van der Waals surface area contributed by atoms with E-state index in [9.17, 15) is 9.59 Å². The number of rotatable bonds is 5. The SMILES string of the molecule is CC(N)C(=O)O.CNC(Cc1ccccc1)C(=O)O. The Kier molecular flexibility index (Phi) is 8.15. The molecule has 1 rings (SSSR count). The first-order valence-electron chi connectivity index (χ1n) is 5.80. The van der Waals surface area contributed by atoms with Crippen LogP contribution in [0.25, 0.3) is 0 Å². The van der Waals surface area contributed by atoms with E-state index in [2.05, 4.69) is 5.32 Å². The van der Waals surface area contributed by atoms with Crippen LogP contribution < -0.4 is 11.1 Å². The third-order valence-corrected chi connectivity index (χ3v) is 2.32. The van der Waals surface area contributed by atoms with E-state index in [0.29, 0.717) is 6.42 Å². The summed E-state index contributed by atoms with van der Waals surface area (Å²) < 4.78 is 0. The van der Waals surface area contributed by atoms with Gasteiger partial charge < -0.3 is 21.3 Å². The summed E-state index contributed by atoms with van der Waals surface area (Å²) >= 11 is 0. The summed E-state index contributed by atoms with van der Waals surface area (Å²) in [6.07, 6.45) is 0.521. The van der Waals surface area contributed by atoms with Crippen LogP contribution in [0.3, 0.4) is 0 Å². The van der Waals surface area contributed by atoms with Crippen LogP contribution >= 0.6 is 0 Å². The topological polar surface area (TPSA) is 113 Å². The quantitative estimate of drug-likeness (QED) is 0.611. The first-order valence-corrected chi connectivity index (χ1v) is 5.80. The molecule has 0 radical (unpaired) electrons. The van der Waals surface area contributed by atoms with Gasteiger partial charge in [0.1, 0.15) is 12.1 Å². The number of nitrogens with one attached hydrogen (secondary N) is 1. The number of nitrogens with two attached hydrogens (primary N) is 1. The molecule has 0 fully saturated rings. The van der Waals surface area contributed by atoms with E-state index in [4.69, 9.17) is 15.9 Å². The molecule has 5 N–H and O–H groups in total. The van der Waals surface area contributed by atoms with Crippen LogP contribution in [-0.4, -0.2) is 41.3 Å². The maximum Gasteiger partial charge on any atom is 0.321 e. The van der Waals surface area contributed by atoms with Gasteiger partial charge in [0.05, 0.1) is 0 Å². The maximum atomic E-state index is 10.7. The van der Waals surface area contributed by atoms with Crippen LogP contribution in [0, 0.1) is 0 Å². The first kappa shape index (κ1) is 17.1. The summed E-state index contributed by atoms with van der Waals surface area (Å²) in [4.78, 5) is 20.2. The van der Waals surface area contributed by atoms with Crippen LogP contribution in [0.5, 0.6) is 0 Å². The summed E-state index contributed by atoms with van der Waals surface area (Å²) in [5.74, 6) is -1.78. The highest BCUT2D eigenvalue weighted by atomic mass is 16.4. The Morgan fingerprint density at radius 1 is 1.21 bits per heavy atom. The van der Waals surface area contributed by atoms with E-state index < -0.39 is 24.0 Å². The van der Waals surface area contributed by atoms with Crippen LogP contribution in [0.1, 0.15) is 12.5 Å². The molecule has 0 bridgehead atoms. The van der Waals surface area contributed by atoms with E-state index in [0.717, 1.165) is 5.56 Å². The van der Waals surface area contributed by atoms with Gasteiger partial charge in [-0.25, -0.2) is 0 Å². The van der Waals surface area contributed by atoms with E-state index in [1.165, 1.54) is 6.92 Å². The molecule has 106 valence electrons. The van der Waals surface area contributed by atoms with Crippen molar-refractivity contribution in [2.75, 3.05) is 7.05 Å². The van der Waals surface area contributed by atoms with Gasteiger partial charge in [-0.1, -0.05) is 30.3 Å². The summed E-state index contributed by atoms with van der Waals surface area (Å²) in [5.41, 5.74) is 5.87. The van der Waals surface area contributed by atoms with Crippen molar-refractivity contribution in [3.63, 3.8) is 0 Å². The van der Waals surface area contributed by atoms with Crippen LogP contribution in [0.2, 0.25) is 0 Å². The lowest BCUT2D eigenvalue weighted by Crippen LogP contribution is -2.35. The Morgan fingerprint density at radius 2 is 1.68 bits per heavy atom. The number of carboxylic acids is 2. The van der Waals surface area contributed by atoms with Crippen molar-refractivity contribution >= 4 is 11.9 Å². The van der Waals surface area contributed by atoms with Crippen molar-refractivity contribution in [1.82, 2.24) is 5.32 Å². The minimum Gasteiger partial charge on any atom is -0.480 e. The van der Waals surface area contributed by atoms with Crippen LogP contribution in [0.15, 0.2) is 30.3 Å². The van der Waals surface area contributed by atoms with Crippen molar-refractivity contribution in [2.45, 2.75) is 25.4 Å². The van der Waals surface area contributed by atoms with Crippen molar-refractivity contribution in [2.24, 2.45) is 5.73 Å². The van der Waals surface area contributed by atoms with Crippen LogP contribution in [-0.2, 0) is 16.0 Å². The highest BCUT2D eigenvalue weighted by molar-refractivity contribution is 5.73. The molecule has 0 saturated heterocycles. The molecule has 0 aromatic heterocycles. The normalized spacial score (nSPS) is 12.8. The minimum atomic E-state index is -0.963. The minimum absolute atomic E-state index is 0.498. The zero-order valence-corrected chi connectivity index (χ0v) is 11.0. The number of likely N-dealkylation sites (N-methyl/N-ethyl adjacent to an activating group) is 1. The molecule has 0 spiro atoms. The molecule has 1 aromatic carbocycles. The molecule has 19 heavy (non-hydrogen) atoms. The van der Waals surface area contributed by atoms with Gasteiger partial charge in [0.2, 0.25) is 0 Å². The molecule has 0 aliphatic carbocycles. The lowest BCUT2D eigenvalue weighted by molar-refractivity contribution is -0.139. The summed E-state index contributed by atoms with van der Waals surface area (Å²) in [5, 5.41) is 19.4. The number of hydrogen-bond donors (Lipinski definition) is 4. The van der Waals surface area contributed by atoms with Crippen LogP contribution in [0.4, 0.5) is 0 Å². The average molecular weight is 268 g/mol. The molecule has 0 aliphatic rings. The van der Waals surface area contributed by atoms with E-state index in [1.807, 2.05) is 30.3 Å². The Hall–Kier alpha value is -1.92. The highest BCUT2D eigenvalue weighted by Gasteiger charge is 2.14. The van der Waals surface area contributed by atoms with Gasteiger partial charge in [-0.2, -0.15) is 0 Å². The van der Waals surface area contributed by atoms with Gasteiger partial charge in [-0.05, 0) is 26.0 Å². The number of carboxylic acid groups (broad SMARTS) is 2. The van der Waals surface area contributed by atoms with E-state index in [-0.39, 0.29) is 0 Å². The van der Waals surface area contributed by atoms with Crippen molar-refractivity contribution in [3.05, 3.63) is 35.9 Å². The number of aliphatic carboxylic acids is 2. The summed E-state index contributed by atoms with van der Waals surface area (Å²) in [6.45, 7) is 1.42. The molecule has 2 atom stereocenters. The molecular weight excluding hydrogens is 248 g/mol. The van der Waals surface area contributed by atoms with E-state index >= 15 is 0 Å². The predicted octanol–water partition coefficient (Wildman–Crippen LogP) is 0.320. The highest BCUT2D eigenvalue weighted by Crippen LogP contribution is 2.02. The summed E-state index contributed by atoms with van der Waals surface area (Å²) in [6, 6.07) is 8.35. The maximum absolute atomic E-state index is 10.7. The van der Waals surface area contributed by atoms with Crippen molar-refractivity contribution < 1.29 is 19.8 Å². The smallest absolute Gasteiger partial charge is 0.321 e. The summed E-state index contributed by atoms with van der Waals surface area (Å²) in [7, 11) is 1.65. The zero-order valence-electron chi connectivity index (χ0n) is 11.0. The fraction of sp³-hybridized carbons (Fsp3) is 0.385. The second-order valence-electron chi connectivity index (χ2n) is 4.00. The molecule has 1 aromatic rings. The molecule has 0 amide bonds. The van der Waals surface area contributed by atoms with Crippen molar-refractivity contribution in [1.29, 1.82) is 0 Å². The van der Waals surface area contributed by atoms with Gasteiger partial charge in [0.15, 0.2) is 0 Å². The number of carbonyl (C=O) groups is 2. The Morgan fingerprint density at radius 3 is 2.00 bits per heavy atom. The fourth-order valence-corrected chi connectivity index (χ4v) is 1.16. The third kappa shape index (κ3) is 7.91. The predicted molar refractivity (Wildman–Crippen MR) is 71.9 cm³/mol. The average Bonchev–Trinajstić information content (AvgIpc) is 2.37.